The number of rotatable bonds is 3. The van der Waals surface area contributed by atoms with Gasteiger partial charge in [0.05, 0.1) is 20.0 Å². The topological polar surface area (TPSA) is 78.6 Å². The molecule has 1 aliphatic rings. The number of ether oxygens (including phenoxy) is 2. The number of methoxy groups -OCH3 is 2. The SMILES string of the molecule is COC1=C(OC)c2cc(C(N)=O)ccc2C(=O)CS1. The van der Waals surface area contributed by atoms with Crippen LogP contribution in [0.2, 0.25) is 0 Å². The second-order valence-corrected chi connectivity index (χ2v) is 4.81. The van der Waals surface area contributed by atoms with E-state index in [-0.39, 0.29) is 11.5 Å². The van der Waals surface area contributed by atoms with Crippen LogP contribution in [-0.2, 0) is 9.47 Å². The lowest BCUT2D eigenvalue weighted by Crippen LogP contribution is -2.13. The third kappa shape index (κ3) is 2.44. The van der Waals surface area contributed by atoms with Crippen LogP contribution in [0.5, 0.6) is 0 Å². The Morgan fingerprint density at radius 2 is 2.00 bits per heavy atom. The van der Waals surface area contributed by atoms with Gasteiger partial charge in [-0.05, 0) is 18.2 Å². The van der Waals surface area contributed by atoms with Gasteiger partial charge in [0.25, 0.3) is 0 Å². The Balaban J connectivity index is 2.68. The van der Waals surface area contributed by atoms with Crippen LogP contribution in [0.25, 0.3) is 5.76 Å². The van der Waals surface area contributed by atoms with Gasteiger partial charge in [0.15, 0.2) is 16.6 Å². The van der Waals surface area contributed by atoms with Gasteiger partial charge in [0.2, 0.25) is 5.91 Å². The zero-order valence-corrected chi connectivity index (χ0v) is 11.4. The number of carbonyl (C=O) groups is 2. The fraction of sp³-hybridized carbons (Fsp3) is 0.231. The predicted molar refractivity (Wildman–Crippen MR) is 72.7 cm³/mol. The number of ketones is 1. The Kier molecular flexibility index (Phi) is 3.80. The number of Topliss-reactive ketones (excluding diaryl/α,β-unsaturated/α-hetero) is 1. The molecule has 0 saturated carbocycles. The van der Waals surface area contributed by atoms with E-state index in [2.05, 4.69) is 0 Å². The van der Waals surface area contributed by atoms with Crippen molar-refractivity contribution < 1.29 is 19.1 Å². The van der Waals surface area contributed by atoms with Crippen LogP contribution < -0.4 is 5.73 Å². The molecule has 1 aromatic carbocycles. The molecule has 0 aliphatic carbocycles. The molecule has 0 bridgehead atoms. The van der Waals surface area contributed by atoms with E-state index < -0.39 is 5.91 Å². The van der Waals surface area contributed by atoms with Crippen LogP contribution in [-0.4, -0.2) is 31.7 Å². The average molecular weight is 279 g/mol. The van der Waals surface area contributed by atoms with E-state index in [1.165, 1.54) is 32.0 Å². The molecule has 6 heteroatoms. The standard InChI is InChI=1S/C13H13NO4S/c1-17-11-9-5-7(12(14)16)3-4-8(9)10(15)6-19-13(11)18-2/h3-5H,6H2,1-2H3,(H2,14,16). The summed E-state index contributed by atoms with van der Waals surface area (Å²) in [6, 6.07) is 4.68. The summed E-state index contributed by atoms with van der Waals surface area (Å²) in [4.78, 5) is 23.3. The molecule has 0 saturated heterocycles. The van der Waals surface area contributed by atoms with E-state index in [1.807, 2.05) is 0 Å². The van der Waals surface area contributed by atoms with E-state index in [1.54, 1.807) is 12.1 Å². The molecule has 1 amide bonds. The minimum atomic E-state index is -0.554. The van der Waals surface area contributed by atoms with Crippen LogP contribution in [0.1, 0.15) is 26.3 Å². The van der Waals surface area contributed by atoms with Gasteiger partial charge < -0.3 is 15.2 Å². The minimum Gasteiger partial charge on any atom is -0.492 e. The van der Waals surface area contributed by atoms with E-state index in [9.17, 15) is 9.59 Å². The highest BCUT2D eigenvalue weighted by Crippen LogP contribution is 2.34. The molecule has 0 radical (unpaired) electrons. The van der Waals surface area contributed by atoms with Gasteiger partial charge in [-0.3, -0.25) is 9.59 Å². The first-order valence-electron chi connectivity index (χ1n) is 5.51. The summed E-state index contributed by atoms with van der Waals surface area (Å²) in [7, 11) is 3.00. The normalized spacial score (nSPS) is 14.7. The first kappa shape index (κ1) is 13.5. The summed E-state index contributed by atoms with van der Waals surface area (Å²) in [6.45, 7) is 0. The van der Waals surface area contributed by atoms with Gasteiger partial charge in [-0.1, -0.05) is 11.8 Å². The highest BCUT2D eigenvalue weighted by atomic mass is 32.2. The second kappa shape index (κ2) is 5.36. The Hall–Kier alpha value is -1.95. The number of hydrogen-bond donors (Lipinski definition) is 1. The maximum atomic E-state index is 12.0. The monoisotopic (exact) mass is 279 g/mol. The van der Waals surface area contributed by atoms with Gasteiger partial charge in [-0.15, -0.1) is 0 Å². The van der Waals surface area contributed by atoms with Crippen molar-refractivity contribution in [3.05, 3.63) is 40.0 Å². The van der Waals surface area contributed by atoms with Crippen molar-refractivity contribution >= 4 is 29.2 Å². The Morgan fingerprint density at radius 1 is 1.26 bits per heavy atom. The zero-order valence-electron chi connectivity index (χ0n) is 10.6. The lowest BCUT2D eigenvalue weighted by molar-refractivity contribution is 0.0994. The molecule has 0 atom stereocenters. The molecule has 1 aliphatic heterocycles. The minimum absolute atomic E-state index is 0.0439. The quantitative estimate of drug-likeness (QED) is 0.909. The highest BCUT2D eigenvalue weighted by Gasteiger charge is 2.25. The third-order valence-corrected chi connectivity index (χ3v) is 3.78. The van der Waals surface area contributed by atoms with Crippen LogP contribution >= 0.6 is 11.8 Å². The van der Waals surface area contributed by atoms with Crippen molar-refractivity contribution in [1.82, 2.24) is 0 Å². The van der Waals surface area contributed by atoms with Gasteiger partial charge >= 0.3 is 0 Å². The van der Waals surface area contributed by atoms with E-state index in [0.717, 1.165) is 0 Å². The van der Waals surface area contributed by atoms with Crippen molar-refractivity contribution in [3.63, 3.8) is 0 Å². The van der Waals surface area contributed by atoms with E-state index in [4.69, 9.17) is 15.2 Å². The van der Waals surface area contributed by atoms with Crippen molar-refractivity contribution in [3.8, 4) is 0 Å². The van der Waals surface area contributed by atoms with E-state index >= 15 is 0 Å². The van der Waals surface area contributed by atoms with Crippen molar-refractivity contribution in [1.29, 1.82) is 0 Å². The average Bonchev–Trinajstić information content (AvgIpc) is 2.55. The van der Waals surface area contributed by atoms with Crippen LogP contribution in [0.15, 0.2) is 23.3 Å². The van der Waals surface area contributed by atoms with Crippen LogP contribution in [0.3, 0.4) is 0 Å². The lowest BCUT2D eigenvalue weighted by Gasteiger charge is -2.12. The summed E-state index contributed by atoms with van der Waals surface area (Å²) < 4.78 is 10.5. The molecule has 19 heavy (non-hydrogen) atoms. The number of fused-ring (bicyclic) bond motifs is 1. The van der Waals surface area contributed by atoms with Gasteiger partial charge in [0.1, 0.15) is 0 Å². The third-order valence-electron chi connectivity index (χ3n) is 2.76. The molecule has 2 N–H and O–H groups in total. The maximum absolute atomic E-state index is 12.0. The molecule has 2 rings (SSSR count). The van der Waals surface area contributed by atoms with Gasteiger partial charge in [-0.2, -0.15) is 0 Å². The summed E-state index contributed by atoms with van der Waals surface area (Å²) in [5.41, 5.74) is 6.61. The van der Waals surface area contributed by atoms with Crippen LogP contribution in [0.4, 0.5) is 0 Å². The van der Waals surface area contributed by atoms with Crippen molar-refractivity contribution in [2.24, 2.45) is 5.73 Å². The predicted octanol–water partition coefficient (Wildman–Crippen LogP) is 1.63. The molecule has 0 aromatic heterocycles. The van der Waals surface area contributed by atoms with Gasteiger partial charge in [0, 0.05) is 16.7 Å². The molecule has 1 heterocycles. The molecule has 0 spiro atoms. The van der Waals surface area contributed by atoms with Crippen molar-refractivity contribution in [2.45, 2.75) is 0 Å². The smallest absolute Gasteiger partial charge is 0.248 e. The Bertz CT molecular complexity index is 580. The molecule has 100 valence electrons. The summed E-state index contributed by atoms with van der Waals surface area (Å²) in [5, 5.41) is 0.510. The Labute approximate surface area is 114 Å². The summed E-state index contributed by atoms with van der Waals surface area (Å²) in [6.07, 6.45) is 0. The first-order chi connectivity index (χ1) is 9.08. The highest BCUT2D eigenvalue weighted by molar-refractivity contribution is 8.03. The maximum Gasteiger partial charge on any atom is 0.248 e. The second-order valence-electron chi connectivity index (χ2n) is 3.86. The molecule has 0 fully saturated rings. The first-order valence-corrected chi connectivity index (χ1v) is 6.49. The number of amides is 1. The zero-order chi connectivity index (χ0) is 14.0. The molecular weight excluding hydrogens is 266 g/mol. The molecule has 1 aromatic rings. The molecular formula is C13H13NO4S. The number of carbonyl (C=O) groups excluding carboxylic acids is 2. The molecule has 0 unspecified atom stereocenters. The number of hydrogen-bond acceptors (Lipinski definition) is 5. The summed E-state index contributed by atoms with van der Waals surface area (Å²) >= 11 is 1.26. The van der Waals surface area contributed by atoms with Crippen molar-refractivity contribution in [2.75, 3.05) is 20.0 Å². The number of thioether (sulfide) groups is 1. The van der Waals surface area contributed by atoms with Crippen LogP contribution in [0, 0.1) is 0 Å². The fourth-order valence-corrected chi connectivity index (χ4v) is 2.72. The Morgan fingerprint density at radius 3 is 2.58 bits per heavy atom. The number of benzene rings is 1. The van der Waals surface area contributed by atoms with E-state index in [0.29, 0.717) is 27.5 Å². The molecule has 5 nitrogen and oxygen atoms in total. The van der Waals surface area contributed by atoms with Gasteiger partial charge in [-0.25, -0.2) is 0 Å². The largest absolute Gasteiger partial charge is 0.492 e. The fourth-order valence-electron chi connectivity index (χ4n) is 1.86. The number of primary amides is 1. The number of nitrogens with two attached hydrogens (primary N) is 1. The summed E-state index contributed by atoms with van der Waals surface area (Å²) in [5.74, 6) is 0.106. The lowest BCUT2D eigenvalue weighted by atomic mass is 9.99.